The fourth-order valence-electron chi connectivity index (χ4n) is 2.69. The van der Waals surface area contributed by atoms with E-state index in [2.05, 4.69) is 15.2 Å². The van der Waals surface area contributed by atoms with Crippen LogP contribution in [0.3, 0.4) is 0 Å². The van der Waals surface area contributed by atoms with E-state index in [1.165, 1.54) is 12.1 Å². The van der Waals surface area contributed by atoms with Crippen LogP contribution in [0.15, 0.2) is 59.0 Å². The van der Waals surface area contributed by atoms with Crippen LogP contribution in [0.1, 0.15) is 5.56 Å². The molecule has 5 nitrogen and oxygen atoms in total. The van der Waals surface area contributed by atoms with Gasteiger partial charge >= 0.3 is 6.18 Å². The van der Waals surface area contributed by atoms with Crippen LogP contribution >= 0.6 is 0 Å². The molecule has 2 aromatic heterocycles. The molecule has 28 heavy (non-hydrogen) atoms. The highest BCUT2D eigenvalue weighted by Crippen LogP contribution is 2.27. The maximum absolute atomic E-state index is 12.3. The van der Waals surface area contributed by atoms with Crippen molar-refractivity contribution in [2.24, 2.45) is 0 Å². The minimum Gasteiger partial charge on any atom is -0.484 e. The summed E-state index contributed by atoms with van der Waals surface area (Å²) in [4.78, 5) is 4.52. The highest BCUT2D eigenvalue weighted by atomic mass is 19.4. The average Bonchev–Trinajstić information content (AvgIpc) is 3.16. The molecule has 0 spiro atoms. The first-order valence-electron chi connectivity index (χ1n) is 8.39. The zero-order chi connectivity index (χ0) is 19.7. The Kier molecular flexibility index (Phi) is 4.46. The predicted molar refractivity (Wildman–Crippen MR) is 96.8 cm³/mol. The maximum atomic E-state index is 12.3. The molecule has 4 rings (SSSR count). The molecular weight excluding hydrogens is 371 g/mol. The third-order valence-electron chi connectivity index (χ3n) is 3.97. The molecule has 142 valence electrons. The number of pyridine rings is 1. The Morgan fingerprint density at radius 2 is 1.79 bits per heavy atom. The van der Waals surface area contributed by atoms with E-state index in [1.54, 1.807) is 18.2 Å². The fourth-order valence-corrected chi connectivity index (χ4v) is 2.69. The molecule has 0 bridgehead atoms. The molecule has 2 heterocycles. The molecule has 0 aliphatic rings. The first-order chi connectivity index (χ1) is 13.4. The number of benzene rings is 2. The maximum Gasteiger partial charge on any atom is 0.422 e. The van der Waals surface area contributed by atoms with E-state index in [0.717, 1.165) is 16.5 Å². The largest absolute Gasteiger partial charge is 0.484 e. The number of aromatic nitrogens is 3. The molecule has 0 saturated heterocycles. The van der Waals surface area contributed by atoms with Gasteiger partial charge < -0.3 is 9.15 Å². The van der Waals surface area contributed by atoms with Gasteiger partial charge in [-0.05, 0) is 43.3 Å². The van der Waals surface area contributed by atoms with Gasteiger partial charge in [0.25, 0.3) is 5.89 Å². The second kappa shape index (κ2) is 6.95. The van der Waals surface area contributed by atoms with Crippen LogP contribution in [0, 0.1) is 6.92 Å². The zero-order valence-corrected chi connectivity index (χ0v) is 14.7. The lowest BCUT2D eigenvalue weighted by Gasteiger charge is -2.09. The number of halogens is 3. The molecular formula is C20H14F3N3O2. The molecule has 0 unspecified atom stereocenters. The number of alkyl halides is 3. The van der Waals surface area contributed by atoms with Crippen molar-refractivity contribution in [2.75, 3.05) is 6.61 Å². The first kappa shape index (κ1) is 18.0. The molecule has 0 atom stereocenters. The van der Waals surface area contributed by atoms with Crippen LogP contribution in [0.4, 0.5) is 13.2 Å². The Morgan fingerprint density at radius 3 is 2.61 bits per heavy atom. The number of hydrogen-bond donors (Lipinski definition) is 0. The zero-order valence-electron chi connectivity index (χ0n) is 14.7. The van der Waals surface area contributed by atoms with E-state index in [4.69, 9.17) is 9.15 Å². The minimum atomic E-state index is -4.41. The Hall–Kier alpha value is -3.42. The quantitative estimate of drug-likeness (QED) is 0.483. The molecule has 0 fully saturated rings. The molecule has 0 amide bonds. The first-order valence-corrected chi connectivity index (χ1v) is 8.39. The number of fused-ring (bicyclic) bond motifs is 1. The highest BCUT2D eigenvalue weighted by Gasteiger charge is 2.28. The van der Waals surface area contributed by atoms with Crippen LogP contribution < -0.4 is 4.74 Å². The van der Waals surface area contributed by atoms with Crippen molar-refractivity contribution in [3.63, 3.8) is 0 Å². The van der Waals surface area contributed by atoms with Gasteiger partial charge in [-0.3, -0.25) is 0 Å². The smallest absolute Gasteiger partial charge is 0.422 e. The number of aryl methyl sites for hydroxylation is 1. The van der Waals surface area contributed by atoms with E-state index >= 15 is 0 Å². The molecule has 0 saturated carbocycles. The molecule has 0 aliphatic carbocycles. The van der Waals surface area contributed by atoms with Crippen molar-refractivity contribution in [1.82, 2.24) is 15.2 Å². The van der Waals surface area contributed by atoms with Gasteiger partial charge in [-0.2, -0.15) is 13.2 Å². The minimum absolute atomic E-state index is 0.0637. The lowest BCUT2D eigenvalue weighted by Crippen LogP contribution is -2.19. The van der Waals surface area contributed by atoms with Crippen molar-refractivity contribution < 1.29 is 22.3 Å². The number of hydrogen-bond acceptors (Lipinski definition) is 5. The summed E-state index contributed by atoms with van der Waals surface area (Å²) in [7, 11) is 0. The van der Waals surface area contributed by atoms with E-state index in [-0.39, 0.29) is 17.5 Å². The summed E-state index contributed by atoms with van der Waals surface area (Å²) < 4.78 is 47.4. The standard InChI is InChI=1S/C20H14F3N3O2/c1-12-5-7-16-13(9-12)6-8-17(24-16)19-26-25-18(28-19)14-3-2-4-15(10-14)27-11-20(21,22)23/h2-10H,11H2,1H3. The predicted octanol–water partition coefficient (Wildman–Crippen LogP) is 5.20. The third-order valence-corrected chi connectivity index (χ3v) is 3.97. The van der Waals surface area contributed by atoms with E-state index < -0.39 is 12.8 Å². The van der Waals surface area contributed by atoms with Crippen LogP contribution in [0.25, 0.3) is 33.9 Å². The van der Waals surface area contributed by atoms with Gasteiger partial charge in [-0.15, -0.1) is 10.2 Å². The molecule has 0 N–H and O–H groups in total. The molecule has 4 aromatic rings. The second-order valence-corrected chi connectivity index (χ2v) is 6.24. The van der Waals surface area contributed by atoms with Crippen molar-refractivity contribution in [3.8, 4) is 28.8 Å². The molecule has 0 aliphatic heterocycles. The summed E-state index contributed by atoms with van der Waals surface area (Å²) >= 11 is 0. The van der Waals surface area contributed by atoms with E-state index in [9.17, 15) is 13.2 Å². The van der Waals surface area contributed by atoms with Gasteiger partial charge in [0.1, 0.15) is 11.4 Å². The summed E-state index contributed by atoms with van der Waals surface area (Å²) in [5.74, 6) is 0.450. The average molecular weight is 385 g/mol. The van der Waals surface area contributed by atoms with Gasteiger partial charge in [0.15, 0.2) is 6.61 Å². The number of rotatable bonds is 4. The highest BCUT2D eigenvalue weighted by molar-refractivity contribution is 5.81. The lowest BCUT2D eigenvalue weighted by atomic mass is 10.1. The topological polar surface area (TPSA) is 61.0 Å². The van der Waals surface area contributed by atoms with Crippen LogP contribution in [-0.4, -0.2) is 28.0 Å². The van der Waals surface area contributed by atoms with Crippen LogP contribution in [0.5, 0.6) is 5.75 Å². The van der Waals surface area contributed by atoms with Gasteiger partial charge in [0.05, 0.1) is 5.52 Å². The number of nitrogens with zero attached hydrogens (tertiary/aromatic N) is 3. The van der Waals surface area contributed by atoms with Crippen molar-refractivity contribution in [3.05, 3.63) is 60.2 Å². The second-order valence-electron chi connectivity index (χ2n) is 6.24. The summed E-state index contributed by atoms with van der Waals surface area (Å²) in [6.45, 7) is 0.635. The normalized spacial score (nSPS) is 11.7. The molecule has 0 radical (unpaired) electrons. The van der Waals surface area contributed by atoms with Gasteiger partial charge in [0, 0.05) is 10.9 Å². The third kappa shape index (κ3) is 3.95. The van der Waals surface area contributed by atoms with Crippen LogP contribution in [0.2, 0.25) is 0 Å². The Bertz CT molecular complexity index is 1140. The van der Waals surface area contributed by atoms with Crippen molar-refractivity contribution in [2.45, 2.75) is 13.1 Å². The fraction of sp³-hybridized carbons (Fsp3) is 0.150. The SMILES string of the molecule is Cc1ccc2nc(-c3nnc(-c4cccc(OCC(F)(F)F)c4)o3)ccc2c1. The van der Waals surface area contributed by atoms with Crippen LogP contribution in [-0.2, 0) is 0 Å². The Labute approximate surface area is 157 Å². The lowest BCUT2D eigenvalue weighted by molar-refractivity contribution is -0.153. The van der Waals surface area contributed by atoms with Crippen molar-refractivity contribution >= 4 is 10.9 Å². The van der Waals surface area contributed by atoms with E-state index in [1.807, 2.05) is 31.2 Å². The molecule has 8 heteroatoms. The number of ether oxygens (including phenoxy) is 1. The summed E-state index contributed by atoms with van der Waals surface area (Å²) in [6, 6.07) is 15.6. The monoisotopic (exact) mass is 385 g/mol. The van der Waals surface area contributed by atoms with E-state index in [0.29, 0.717) is 11.3 Å². The van der Waals surface area contributed by atoms with Gasteiger partial charge in [0.2, 0.25) is 5.89 Å². The summed E-state index contributed by atoms with van der Waals surface area (Å²) in [5, 5.41) is 8.97. The van der Waals surface area contributed by atoms with Gasteiger partial charge in [-0.25, -0.2) is 4.98 Å². The molecule has 2 aromatic carbocycles. The van der Waals surface area contributed by atoms with Crippen molar-refractivity contribution in [1.29, 1.82) is 0 Å². The summed E-state index contributed by atoms with van der Waals surface area (Å²) in [6.07, 6.45) is -4.41. The van der Waals surface area contributed by atoms with Gasteiger partial charge in [-0.1, -0.05) is 23.8 Å². The summed E-state index contributed by atoms with van der Waals surface area (Å²) in [5.41, 5.74) is 2.90. The Morgan fingerprint density at radius 1 is 0.964 bits per heavy atom. The Balaban J connectivity index is 1.60.